The summed E-state index contributed by atoms with van der Waals surface area (Å²) in [6.07, 6.45) is 3.14. The summed E-state index contributed by atoms with van der Waals surface area (Å²) in [5, 5.41) is 0.383. The molecular weight excluding hydrogens is 212 g/mol. The van der Waals surface area contributed by atoms with Crippen LogP contribution in [0.1, 0.15) is 0 Å². The smallest absolute Gasteiger partial charge is 0.147 e. The molecule has 0 bridgehead atoms. The van der Waals surface area contributed by atoms with E-state index in [0.717, 1.165) is 17.0 Å². The van der Waals surface area contributed by atoms with Crippen LogP contribution in [0.5, 0.6) is 5.75 Å². The largest absolute Gasteiger partial charge is 0.496 e. The van der Waals surface area contributed by atoms with Crippen LogP contribution >= 0.6 is 11.6 Å². The van der Waals surface area contributed by atoms with Gasteiger partial charge in [0.15, 0.2) is 0 Å². The highest BCUT2D eigenvalue weighted by Crippen LogP contribution is 2.27. The summed E-state index contributed by atoms with van der Waals surface area (Å²) < 4.78 is 5.23. The van der Waals surface area contributed by atoms with Crippen molar-refractivity contribution in [1.29, 1.82) is 0 Å². The Balaban J connectivity index is 2.49. The third-order valence-electron chi connectivity index (χ3n) is 2.00. The highest BCUT2D eigenvalue weighted by atomic mass is 35.5. The first-order chi connectivity index (χ1) is 7.31. The van der Waals surface area contributed by atoms with Gasteiger partial charge < -0.3 is 4.74 Å². The predicted octanol–water partition coefficient (Wildman–Crippen LogP) is 2.81. The van der Waals surface area contributed by atoms with Gasteiger partial charge in [0.1, 0.15) is 10.9 Å². The number of aromatic nitrogens is 2. The van der Waals surface area contributed by atoms with Crippen LogP contribution in [0.15, 0.2) is 36.7 Å². The second-order valence-electron chi connectivity index (χ2n) is 2.92. The first-order valence-corrected chi connectivity index (χ1v) is 4.80. The van der Waals surface area contributed by atoms with Crippen molar-refractivity contribution in [2.75, 3.05) is 7.11 Å². The van der Waals surface area contributed by atoms with Gasteiger partial charge in [0.25, 0.3) is 0 Å². The topological polar surface area (TPSA) is 35.0 Å². The lowest BCUT2D eigenvalue weighted by Crippen LogP contribution is -1.90. The molecule has 3 nitrogen and oxygen atoms in total. The lowest BCUT2D eigenvalue weighted by molar-refractivity contribution is 0.416. The zero-order chi connectivity index (χ0) is 10.7. The average Bonchev–Trinajstić information content (AvgIpc) is 2.30. The Labute approximate surface area is 92.7 Å². The number of rotatable bonds is 2. The second-order valence-corrected chi connectivity index (χ2v) is 3.31. The highest BCUT2D eigenvalue weighted by molar-refractivity contribution is 6.29. The van der Waals surface area contributed by atoms with Gasteiger partial charge in [0.2, 0.25) is 0 Å². The summed E-state index contributed by atoms with van der Waals surface area (Å²) in [6, 6.07) is 7.64. The number of methoxy groups -OCH3 is 1. The van der Waals surface area contributed by atoms with Crippen LogP contribution in [0.4, 0.5) is 0 Å². The monoisotopic (exact) mass is 220 g/mol. The van der Waals surface area contributed by atoms with Crippen molar-refractivity contribution >= 4 is 11.6 Å². The predicted molar refractivity (Wildman–Crippen MR) is 59.0 cm³/mol. The number of para-hydroxylation sites is 1. The highest BCUT2D eigenvalue weighted by Gasteiger charge is 2.05. The molecule has 0 aliphatic heterocycles. The Kier molecular flexibility index (Phi) is 2.83. The Morgan fingerprint density at radius 3 is 2.60 bits per heavy atom. The van der Waals surface area contributed by atoms with Gasteiger partial charge in [-0.05, 0) is 12.1 Å². The molecule has 0 atom stereocenters. The minimum atomic E-state index is 0.383. The maximum absolute atomic E-state index is 5.67. The van der Waals surface area contributed by atoms with Crippen LogP contribution in [-0.2, 0) is 0 Å². The van der Waals surface area contributed by atoms with Crippen molar-refractivity contribution in [3.8, 4) is 17.0 Å². The van der Waals surface area contributed by atoms with Gasteiger partial charge in [-0.2, -0.15) is 0 Å². The van der Waals surface area contributed by atoms with E-state index in [9.17, 15) is 0 Å². The molecule has 0 saturated heterocycles. The van der Waals surface area contributed by atoms with E-state index in [1.165, 1.54) is 6.20 Å². The third kappa shape index (κ3) is 2.07. The molecule has 0 amide bonds. The van der Waals surface area contributed by atoms with Crippen LogP contribution in [0, 0.1) is 0 Å². The molecule has 1 aromatic heterocycles. The molecule has 1 aromatic carbocycles. The summed E-state index contributed by atoms with van der Waals surface area (Å²) in [6.45, 7) is 0. The number of halogens is 1. The molecule has 0 fully saturated rings. The Morgan fingerprint density at radius 1 is 1.13 bits per heavy atom. The lowest BCUT2D eigenvalue weighted by atomic mass is 10.1. The van der Waals surface area contributed by atoms with Crippen molar-refractivity contribution in [2.24, 2.45) is 0 Å². The molecule has 0 aliphatic rings. The molecule has 2 rings (SSSR count). The van der Waals surface area contributed by atoms with Gasteiger partial charge in [-0.1, -0.05) is 23.7 Å². The van der Waals surface area contributed by atoms with Crippen molar-refractivity contribution in [3.05, 3.63) is 41.8 Å². The summed E-state index contributed by atoms with van der Waals surface area (Å²) >= 11 is 5.67. The zero-order valence-corrected chi connectivity index (χ0v) is 8.90. The van der Waals surface area contributed by atoms with Crippen molar-refractivity contribution < 1.29 is 4.74 Å². The van der Waals surface area contributed by atoms with Crippen molar-refractivity contribution in [1.82, 2.24) is 9.97 Å². The van der Waals surface area contributed by atoms with Gasteiger partial charge in [-0.25, -0.2) is 4.98 Å². The standard InChI is InChI=1S/C11H9ClN2O/c1-15-10-5-3-2-4-8(10)9-6-14-11(12)7-13-9/h2-7H,1H3. The molecule has 76 valence electrons. The SMILES string of the molecule is COc1ccccc1-c1cnc(Cl)cn1. The quantitative estimate of drug-likeness (QED) is 0.781. The van der Waals surface area contributed by atoms with Gasteiger partial charge in [0.05, 0.1) is 25.2 Å². The fourth-order valence-electron chi connectivity index (χ4n) is 1.31. The minimum absolute atomic E-state index is 0.383. The molecule has 15 heavy (non-hydrogen) atoms. The Bertz CT molecular complexity index is 456. The summed E-state index contributed by atoms with van der Waals surface area (Å²) in [4.78, 5) is 8.16. The van der Waals surface area contributed by atoms with E-state index in [0.29, 0.717) is 5.15 Å². The van der Waals surface area contributed by atoms with E-state index in [-0.39, 0.29) is 0 Å². The lowest BCUT2D eigenvalue weighted by Gasteiger charge is -2.06. The summed E-state index contributed by atoms with van der Waals surface area (Å²) in [7, 11) is 1.63. The van der Waals surface area contributed by atoms with E-state index < -0.39 is 0 Å². The molecular formula is C11H9ClN2O. The van der Waals surface area contributed by atoms with E-state index >= 15 is 0 Å². The van der Waals surface area contributed by atoms with Gasteiger partial charge in [-0.15, -0.1) is 0 Å². The molecule has 0 aliphatic carbocycles. The van der Waals surface area contributed by atoms with Gasteiger partial charge >= 0.3 is 0 Å². The fourth-order valence-corrected chi connectivity index (χ4v) is 1.41. The number of hydrogen-bond donors (Lipinski definition) is 0. The fraction of sp³-hybridized carbons (Fsp3) is 0.0909. The van der Waals surface area contributed by atoms with Crippen LogP contribution < -0.4 is 4.74 Å². The van der Waals surface area contributed by atoms with E-state index in [1.54, 1.807) is 13.3 Å². The zero-order valence-electron chi connectivity index (χ0n) is 8.14. The molecule has 0 spiro atoms. The minimum Gasteiger partial charge on any atom is -0.496 e. The number of benzene rings is 1. The Morgan fingerprint density at radius 2 is 1.93 bits per heavy atom. The first-order valence-electron chi connectivity index (χ1n) is 4.42. The van der Waals surface area contributed by atoms with Crippen LogP contribution in [0.3, 0.4) is 0 Å². The number of ether oxygens (including phenoxy) is 1. The summed E-state index contributed by atoms with van der Waals surface area (Å²) in [5.74, 6) is 0.772. The second kappa shape index (κ2) is 4.28. The van der Waals surface area contributed by atoms with Crippen LogP contribution in [-0.4, -0.2) is 17.1 Å². The first kappa shape index (κ1) is 9.93. The van der Waals surface area contributed by atoms with Gasteiger partial charge in [0, 0.05) is 5.56 Å². The van der Waals surface area contributed by atoms with Crippen LogP contribution in [0.2, 0.25) is 5.15 Å². The maximum atomic E-state index is 5.67. The third-order valence-corrected chi connectivity index (χ3v) is 2.20. The normalized spacial score (nSPS) is 10.0. The Hall–Kier alpha value is -1.61. The molecule has 0 saturated carbocycles. The molecule has 0 unspecified atom stereocenters. The van der Waals surface area contributed by atoms with Crippen molar-refractivity contribution in [3.63, 3.8) is 0 Å². The average molecular weight is 221 g/mol. The van der Waals surface area contributed by atoms with E-state index in [2.05, 4.69) is 9.97 Å². The summed E-state index contributed by atoms with van der Waals surface area (Å²) in [5.41, 5.74) is 1.65. The molecule has 0 N–H and O–H groups in total. The van der Waals surface area contributed by atoms with E-state index in [4.69, 9.17) is 16.3 Å². The number of nitrogens with zero attached hydrogens (tertiary/aromatic N) is 2. The van der Waals surface area contributed by atoms with E-state index in [1.807, 2.05) is 24.3 Å². The van der Waals surface area contributed by atoms with Gasteiger partial charge in [-0.3, -0.25) is 4.98 Å². The molecule has 4 heteroatoms. The molecule has 1 heterocycles. The van der Waals surface area contributed by atoms with Crippen LogP contribution in [0.25, 0.3) is 11.3 Å². The molecule has 0 radical (unpaired) electrons. The molecule has 2 aromatic rings. The maximum Gasteiger partial charge on any atom is 0.147 e. The van der Waals surface area contributed by atoms with Crippen molar-refractivity contribution in [2.45, 2.75) is 0 Å². The number of hydrogen-bond acceptors (Lipinski definition) is 3.